The molecule has 0 fully saturated rings. The molecule has 0 saturated heterocycles. The van der Waals surface area contributed by atoms with E-state index >= 15 is 0 Å². The maximum absolute atomic E-state index is 12.1. The van der Waals surface area contributed by atoms with Crippen LogP contribution < -0.4 is 5.32 Å². The number of anilines is 1. The van der Waals surface area contributed by atoms with Gasteiger partial charge >= 0.3 is 0 Å². The van der Waals surface area contributed by atoms with Gasteiger partial charge in [0.25, 0.3) is 5.91 Å². The highest BCUT2D eigenvalue weighted by Crippen LogP contribution is 2.13. The van der Waals surface area contributed by atoms with Crippen molar-refractivity contribution in [2.45, 2.75) is 12.8 Å². The molecule has 0 aliphatic carbocycles. The monoisotopic (exact) mass is 321 g/mol. The molecule has 0 aliphatic heterocycles. The van der Waals surface area contributed by atoms with Gasteiger partial charge in [-0.25, -0.2) is 0 Å². The van der Waals surface area contributed by atoms with Crippen LogP contribution >= 0.6 is 0 Å². The minimum absolute atomic E-state index is 0.108. The molecule has 0 saturated carbocycles. The van der Waals surface area contributed by atoms with Crippen molar-refractivity contribution in [1.29, 1.82) is 5.26 Å². The lowest BCUT2D eigenvalue weighted by atomic mass is 10.1. The Morgan fingerprint density at radius 3 is 2.46 bits per heavy atom. The van der Waals surface area contributed by atoms with E-state index < -0.39 is 0 Å². The van der Waals surface area contributed by atoms with E-state index in [1.165, 1.54) is 4.90 Å². The number of rotatable bonds is 5. The number of nitriles is 1. The highest BCUT2D eigenvalue weighted by Gasteiger charge is 2.09. The Morgan fingerprint density at radius 2 is 1.83 bits per heavy atom. The fourth-order valence-corrected chi connectivity index (χ4v) is 2.22. The SMILES string of the molecule is CN(C)C(=O)c1cccc(NC(=O)CCc2ccc(C#N)cc2)c1. The molecule has 0 atom stereocenters. The number of benzene rings is 2. The molecular weight excluding hydrogens is 302 g/mol. The van der Waals surface area contributed by atoms with Gasteiger partial charge in [0, 0.05) is 31.8 Å². The minimum Gasteiger partial charge on any atom is -0.345 e. The number of hydrogen-bond acceptors (Lipinski definition) is 3. The molecule has 0 aromatic heterocycles. The van der Waals surface area contributed by atoms with Gasteiger partial charge in [0.15, 0.2) is 0 Å². The van der Waals surface area contributed by atoms with E-state index in [9.17, 15) is 9.59 Å². The van der Waals surface area contributed by atoms with E-state index in [1.807, 2.05) is 12.1 Å². The molecule has 0 unspecified atom stereocenters. The second kappa shape index (κ2) is 7.93. The third-order valence-corrected chi connectivity index (χ3v) is 3.52. The Labute approximate surface area is 141 Å². The zero-order valence-electron chi connectivity index (χ0n) is 13.7. The summed E-state index contributed by atoms with van der Waals surface area (Å²) in [7, 11) is 3.37. The Hall–Kier alpha value is -3.13. The molecule has 0 radical (unpaired) electrons. The van der Waals surface area contributed by atoms with Crippen molar-refractivity contribution in [2.75, 3.05) is 19.4 Å². The number of aryl methyl sites for hydroxylation is 1. The van der Waals surface area contributed by atoms with Crippen molar-refractivity contribution >= 4 is 17.5 Å². The topological polar surface area (TPSA) is 73.2 Å². The summed E-state index contributed by atoms with van der Waals surface area (Å²) in [5, 5.41) is 11.6. The van der Waals surface area contributed by atoms with Gasteiger partial charge in [0.2, 0.25) is 5.91 Å². The first-order chi connectivity index (χ1) is 11.5. The van der Waals surface area contributed by atoms with Gasteiger partial charge in [0.05, 0.1) is 11.6 Å². The number of nitrogens with one attached hydrogen (secondary N) is 1. The fourth-order valence-electron chi connectivity index (χ4n) is 2.22. The number of carbonyl (C=O) groups is 2. The van der Waals surface area contributed by atoms with Crippen LogP contribution in [0.3, 0.4) is 0 Å². The van der Waals surface area contributed by atoms with Crippen molar-refractivity contribution in [2.24, 2.45) is 0 Å². The number of amides is 2. The Morgan fingerprint density at radius 1 is 1.12 bits per heavy atom. The summed E-state index contributed by atoms with van der Waals surface area (Å²) in [4.78, 5) is 25.5. The predicted molar refractivity (Wildman–Crippen MR) is 92.6 cm³/mol. The first-order valence-corrected chi connectivity index (χ1v) is 7.60. The van der Waals surface area contributed by atoms with Crippen molar-refractivity contribution < 1.29 is 9.59 Å². The lowest BCUT2D eigenvalue weighted by Gasteiger charge is -2.11. The molecule has 24 heavy (non-hydrogen) atoms. The van der Waals surface area contributed by atoms with Crippen LogP contribution in [0.4, 0.5) is 5.69 Å². The molecule has 0 spiro atoms. The van der Waals surface area contributed by atoms with Crippen LogP contribution in [0.25, 0.3) is 0 Å². The van der Waals surface area contributed by atoms with Gasteiger partial charge in [-0.2, -0.15) is 5.26 Å². The van der Waals surface area contributed by atoms with E-state index in [-0.39, 0.29) is 11.8 Å². The smallest absolute Gasteiger partial charge is 0.253 e. The van der Waals surface area contributed by atoms with Crippen LogP contribution in [0.15, 0.2) is 48.5 Å². The fraction of sp³-hybridized carbons (Fsp3) is 0.211. The molecule has 0 aliphatic rings. The van der Waals surface area contributed by atoms with Crippen molar-refractivity contribution in [3.8, 4) is 6.07 Å². The van der Waals surface area contributed by atoms with Gasteiger partial charge in [0.1, 0.15) is 0 Å². The van der Waals surface area contributed by atoms with Crippen molar-refractivity contribution in [3.63, 3.8) is 0 Å². The standard InChI is InChI=1S/C19H19N3O2/c1-22(2)19(24)16-4-3-5-17(12-16)21-18(23)11-10-14-6-8-15(13-20)9-7-14/h3-9,12H,10-11H2,1-2H3,(H,21,23). The number of nitrogens with zero attached hydrogens (tertiary/aromatic N) is 2. The lowest BCUT2D eigenvalue weighted by molar-refractivity contribution is -0.116. The zero-order chi connectivity index (χ0) is 17.5. The maximum atomic E-state index is 12.1. The van der Waals surface area contributed by atoms with E-state index in [0.717, 1.165) is 5.56 Å². The molecule has 122 valence electrons. The van der Waals surface area contributed by atoms with Crippen molar-refractivity contribution in [3.05, 3.63) is 65.2 Å². The average molecular weight is 321 g/mol. The van der Waals surface area contributed by atoms with Crippen LogP contribution in [0.2, 0.25) is 0 Å². The summed E-state index contributed by atoms with van der Waals surface area (Å²) >= 11 is 0. The third-order valence-electron chi connectivity index (χ3n) is 3.52. The molecule has 5 nitrogen and oxygen atoms in total. The first-order valence-electron chi connectivity index (χ1n) is 7.60. The Balaban J connectivity index is 1.93. The number of hydrogen-bond donors (Lipinski definition) is 1. The second-order valence-corrected chi connectivity index (χ2v) is 5.64. The summed E-state index contributed by atoms with van der Waals surface area (Å²) < 4.78 is 0. The zero-order valence-corrected chi connectivity index (χ0v) is 13.7. The van der Waals surface area contributed by atoms with Gasteiger partial charge in [-0.15, -0.1) is 0 Å². The molecule has 2 aromatic rings. The molecule has 2 aromatic carbocycles. The predicted octanol–water partition coefficient (Wildman–Crippen LogP) is 2.83. The largest absolute Gasteiger partial charge is 0.345 e. The molecule has 0 heterocycles. The van der Waals surface area contributed by atoms with Crippen LogP contribution in [0, 0.1) is 11.3 Å². The van der Waals surface area contributed by atoms with Crippen LogP contribution in [0.5, 0.6) is 0 Å². The highest BCUT2D eigenvalue weighted by molar-refractivity contribution is 5.97. The molecule has 1 N–H and O–H groups in total. The third kappa shape index (κ3) is 4.68. The normalized spacial score (nSPS) is 9.88. The summed E-state index contributed by atoms with van der Waals surface area (Å²) in [6, 6.07) is 16.1. The summed E-state index contributed by atoms with van der Waals surface area (Å²) in [5.74, 6) is -0.225. The first kappa shape index (κ1) is 17.2. The van der Waals surface area contributed by atoms with E-state index in [0.29, 0.717) is 29.7 Å². The summed E-state index contributed by atoms with van der Waals surface area (Å²) in [6.07, 6.45) is 0.922. The minimum atomic E-state index is -0.117. The van der Waals surface area contributed by atoms with Gasteiger partial charge in [-0.05, 0) is 42.3 Å². The van der Waals surface area contributed by atoms with Crippen molar-refractivity contribution in [1.82, 2.24) is 4.90 Å². The summed E-state index contributed by atoms with van der Waals surface area (Å²) in [6.45, 7) is 0. The number of carbonyl (C=O) groups excluding carboxylic acids is 2. The maximum Gasteiger partial charge on any atom is 0.253 e. The van der Waals surface area contributed by atoms with Crippen LogP contribution in [-0.4, -0.2) is 30.8 Å². The second-order valence-electron chi connectivity index (χ2n) is 5.64. The Bertz CT molecular complexity index is 774. The highest BCUT2D eigenvalue weighted by atomic mass is 16.2. The van der Waals surface area contributed by atoms with Crippen LogP contribution in [-0.2, 0) is 11.2 Å². The van der Waals surface area contributed by atoms with E-state index in [4.69, 9.17) is 5.26 Å². The van der Waals surface area contributed by atoms with E-state index in [2.05, 4.69) is 11.4 Å². The average Bonchev–Trinajstić information content (AvgIpc) is 2.60. The Kier molecular flexibility index (Phi) is 5.69. The molecule has 0 bridgehead atoms. The molecule has 2 amide bonds. The van der Waals surface area contributed by atoms with Gasteiger partial charge in [-0.1, -0.05) is 18.2 Å². The van der Waals surface area contributed by atoms with Gasteiger partial charge in [-0.3, -0.25) is 9.59 Å². The summed E-state index contributed by atoms with van der Waals surface area (Å²) in [5.41, 5.74) is 2.74. The molecule has 5 heteroatoms. The molecule has 2 rings (SSSR count). The molecular formula is C19H19N3O2. The van der Waals surface area contributed by atoms with Crippen LogP contribution in [0.1, 0.15) is 27.9 Å². The van der Waals surface area contributed by atoms with Gasteiger partial charge < -0.3 is 10.2 Å². The quantitative estimate of drug-likeness (QED) is 0.920. The van der Waals surface area contributed by atoms with E-state index in [1.54, 1.807) is 50.5 Å². The lowest BCUT2D eigenvalue weighted by Crippen LogP contribution is -2.22.